The molecule has 0 unspecified atom stereocenters. The molecule has 6 nitrogen and oxygen atoms in total. The molecule has 2 rings (SSSR count). The lowest BCUT2D eigenvalue weighted by molar-refractivity contribution is 0.0434. The van der Waals surface area contributed by atoms with Gasteiger partial charge in [0, 0.05) is 6.07 Å². The van der Waals surface area contributed by atoms with Crippen LogP contribution in [0.15, 0.2) is 28.8 Å². The molecule has 0 aliphatic carbocycles. The molecule has 7 heteroatoms. The van der Waals surface area contributed by atoms with Gasteiger partial charge in [-0.05, 0) is 25.1 Å². The number of aromatic nitrogens is 1. The lowest BCUT2D eigenvalue weighted by atomic mass is 10.1. The van der Waals surface area contributed by atoms with E-state index in [1.165, 1.54) is 25.3 Å². The zero-order chi connectivity index (χ0) is 15.4. The van der Waals surface area contributed by atoms with Crippen molar-refractivity contribution in [2.75, 3.05) is 13.7 Å². The fourth-order valence-electron chi connectivity index (χ4n) is 1.64. The molecule has 1 aromatic carbocycles. The Morgan fingerprint density at radius 3 is 2.71 bits per heavy atom. The summed E-state index contributed by atoms with van der Waals surface area (Å²) < 4.78 is 27.6. The number of ketones is 1. The van der Waals surface area contributed by atoms with Gasteiger partial charge in [0.05, 0.1) is 18.4 Å². The van der Waals surface area contributed by atoms with E-state index in [4.69, 9.17) is 14.0 Å². The predicted octanol–water partition coefficient (Wildman–Crippen LogP) is 2.17. The second-order valence-corrected chi connectivity index (χ2v) is 4.18. The quantitative estimate of drug-likeness (QED) is 0.621. The molecule has 0 radical (unpaired) electrons. The van der Waals surface area contributed by atoms with E-state index in [0.29, 0.717) is 5.69 Å². The Labute approximate surface area is 119 Å². The van der Waals surface area contributed by atoms with Gasteiger partial charge in [0.15, 0.2) is 6.61 Å². The zero-order valence-electron chi connectivity index (χ0n) is 11.4. The summed E-state index contributed by atoms with van der Waals surface area (Å²) in [4.78, 5) is 23.5. The number of aryl methyl sites for hydroxylation is 1. The fourth-order valence-corrected chi connectivity index (χ4v) is 1.64. The largest absolute Gasteiger partial charge is 0.496 e. The number of nitrogens with zero attached hydrogens (tertiary/aromatic N) is 1. The van der Waals surface area contributed by atoms with Crippen molar-refractivity contribution in [2.24, 2.45) is 0 Å². The van der Waals surface area contributed by atoms with E-state index in [1.54, 1.807) is 6.92 Å². The molecule has 0 fully saturated rings. The molecule has 0 atom stereocenters. The van der Waals surface area contributed by atoms with Crippen LogP contribution in [-0.4, -0.2) is 30.6 Å². The van der Waals surface area contributed by atoms with Crippen molar-refractivity contribution < 1.29 is 28.0 Å². The summed E-state index contributed by atoms with van der Waals surface area (Å²) >= 11 is 0. The lowest BCUT2D eigenvalue weighted by Crippen LogP contribution is -2.15. The predicted molar refractivity (Wildman–Crippen MR) is 68.8 cm³/mol. The molecule has 0 amide bonds. The molecular weight excluding hydrogens is 281 g/mol. The summed E-state index contributed by atoms with van der Waals surface area (Å²) in [5.74, 6) is -1.90. The minimum atomic E-state index is -0.820. The Hall–Kier alpha value is -2.70. The first kappa shape index (κ1) is 14.7. The maximum Gasteiger partial charge on any atom is 0.377 e. The lowest BCUT2D eigenvalue weighted by Gasteiger charge is -2.07. The van der Waals surface area contributed by atoms with Crippen molar-refractivity contribution in [3.05, 3.63) is 47.1 Å². The SMILES string of the molecule is COc1ccc(F)cc1C(=O)COC(=O)c1cc(C)no1. The first-order valence-electron chi connectivity index (χ1n) is 5.98. The van der Waals surface area contributed by atoms with Gasteiger partial charge in [0.2, 0.25) is 11.5 Å². The van der Waals surface area contributed by atoms with E-state index >= 15 is 0 Å². The van der Waals surface area contributed by atoms with Crippen molar-refractivity contribution >= 4 is 11.8 Å². The van der Waals surface area contributed by atoms with E-state index < -0.39 is 24.2 Å². The highest BCUT2D eigenvalue weighted by Gasteiger charge is 2.18. The molecule has 0 saturated heterocycles. The zero-order valence-corrected chi connectivity index (χ0v) is 11.4. The van der Waals surface area contributed by atoms with Crippen LogP contribution in [0.3, 0.4) is 0 Å². The summed E-state index contributed by atoms with van der Waals surface area (Å²) in [6.07, 6.45) is 0. The Morgan fingerprint density at radius 1 is 1.33 bits per heavy atom. The van der Waals surface area contributed by atoms with Crippen LogP contribution in [0.1, 0.15) is 26.6 Å². The molecule has 0 spiro atoms. The van der Waals surface area contributed by atoms with E-state index in [9.17, 15) is 14.0 Å². The van der Waals surface area contributed by atoms with Gasteiger partial charge in [-0.25, -0.2) is 9.18 Å². The number of halogens is 1. The van der Waals surface area contributed by atoms with Gasteiger partial charge < -0.3 is 14.0 Å². The van der Waals surface area contributed by atoms with Crippen molar-refractivity contribution in [1.82, 2.24) is 5.16 Å². The minimum Gasteiger partial charge on any atom is -0.496 e. The van der Waals surface area contributed by atoms with E-state index in [-0.39, 0.29) is 17.1 Å². The molecule has 21 heavy (non-hydrogen) atoms. The minimum absolute atomic E-state index is 0.000879. The van der Waals surface area contributed by atoms with E-state index in [0.717, 1.165) is 6.07 Å². The molecule has 0 aliphatic rings. The van der Waals surface area contributed by atoms with Gasteiger partial charge in [-0.3, -0.25) is 4.79 Å². The molecule has 0 aliphatic heterocycles. The summed E-state index contributed by atoms with van der Waals surface area (Å²) in [5, 5.41) is 3.53. The third kappa shape index (κ3) is 3.44. The Morgan fingerprint density at radius 2 is 2.10 bits per heavy atom. The molecule has 0 bridgehead atoms. The third-order valence-electron chi connectivity index (χ3n) is 2.63. The van der Waals surface area contributed by atoms with Crippen LogP contribution < -0.4 is 4.74 Å². The normalized spacial score (nSPS) is 10.2. The highest BCUT2D eigenvalue weighted by atomic mass is 19.1. The summed E-state index contributed by atoms with van der Waals surface area (Å²) in [5.41, 5.74) is 0.513. The molecular formula is C14H12FNO5. The van der Waals surface area contributed by atoms with Gasteiger partial charge in [-0.1, -0.05) is 5.16 Å². The van der Waals surface area contributed by atoms with Gasteiger partial charge in [-0.15, -0.1) is 0 Å². The molecule has 2 aromatic rings. The number of esters is 1. The standard InChI is InChI=1S/C14H12FNO5/c1-8-5-13(21-16-8)14(18)20-7-11(17)10-6-9(15)3-4-12(10)19-2/h3-6H,7H2,1-2H3. The number of hydrogen-bond donors (Lipinski definition) is 0. The maximum atomic E-state index is 13.2. The van der Waals surface area contributed by atoms with Crippen LogP contribution in [0.25, 0.3) is 0 Å². The number of carbonyl (C=O) groups is 2. The summed E-state index contributed by atoms with van der Waals surface area (Å²) in [6.45, 7) is 1.08. The second kappa shape index (κ2) is 6.17. The first-order valence-corrected chi connectivity index (χ1v) is 5.98. The Balaban J connectivity index is 2.05. The maximum absolute atomic E-state index is 13.2. The van der Waals surface area contributed by atoms with Crippen LogP contribution in [0.2, 0.25) is 0 Å². The monoisotopic (exact) mass is 293 g/mol. The number of ether oxygens (including phenoxy) is 2. The summed E-state index contributed by atoms with van der Waals surface area (Å²) in [6, 6.07) is 4.90. The van der Waals surface area contributed by atoms with Crippen LogP contribution in [0, 0.1) is 12.7 Å². The van der Waals surface area contributed by atoms with E-state index in [2.05, 4.69) is 5.16 Å². The van der Waals surface area contributed by atoms with E-state index in [1.807, 2.05) is 0 Å². The highest BCUT2D eigenvalue weighted by Crippen LogP contribution is 2.20. The average Bonchev–Trinajstić information content (AvgIpc) is 2.91. The molecule has 0 N–H and O–H groups in total. The number of Topliss-reactive ketones (excluding diaryl/α,β-unsaturated/α-hetero) is 1. The van der Waals surface area contributed by atoms with Crippen LogP contribution in [0.4, 0.5) is 4.39 Å². The number of hydrogen-bond acceptors (Lipinski definition) is 6. The van der Waals surface area contributed by atoms with Crippen molar-refractivity contribution in [1.29, 1.82) is 0 Å². The van der Waals surface area contributed by atoms with Crippen molar-refractivity contribution in [3.8, 4) is 5.75 Å². The molecule has 1 aromatic heterocycles. The molecule has 1 heterocycles. The second-order valence-electron chi connectivity index (χ2n) is 4.18. The highest BCUT2D eigenvalue weighted by molar-refractivity contribution is 6.01. The summed E-state index contributed by atoms with van der Waals surface area (Å²) in [7, 11) is 1.35. The van der Waals surface area contributed by atoms with Crippen LogP contribution >= 0.6 is 0 Å². The van der Waals surface area contributed by atoms with Gasteiger partial charge >= 0.3 is 5.97 Å². The Bertz CT molecular complexity index is 680. The molecule has 0 saturated carbocycles. The smallest absolute Gasteiger partial charge is 0.377 e. The number of methoxy groups -OCH3 is 1. The third-order valence-corrected chi connectivity index (χ3v) is 2.63. The number of benzene rings is 1. The fraction of sp³-hybridized carbons (Fsp3) is 0.214. The van der Waals surface area contributed by atoms with Crippen molar-refractivity contribution in [2.45, 2.75) is 6.92 Å². The van der Waals surface area contributed by atoms with Gasteiger partial charge in [0.1, 0.15) is 11.6 Å². The first-order chi connectivity index (χ1) is 10.0. The van der Waals surface area contributed by atoms with Gasteiger partial charge in [0.25, 0.3) is 0 Å². The number of carbonyl (C=O) groups excluding carboxylic acids is 2. The average molecular weight is 293 g/mol. The topological polar surface area (TPSA) is 78.6 Å². The number of rotatable bonds is 5. The van der Waals surface area contributed by atoms with Crippen LogP contribution in [0.5, 0.6) is 5.75 Å². The van der Waals surface area contributed by atoms with Crippen LogP contribution in [-0.2, 0) is 4.74 Å². The van der Waals surface area contributed by atoms with Gasteiger partial charge in [-0.2, -0.15) is 0 Å². The molecule has 110 valence electrons. The Kier molecular flexibility index (Phi) is 4.32. The van der Waals surface area contributed by atoms with Crippen molar-refractivity contribution in [3.63, 3.8) is 0 Å².